The summed E-state index contributed by atoms with van der Waals surface area (Å²) >= 11 is 0. The molecule has 0 saturated carbocycles. The molecule has 2 N–H and O–H groups in total. The molecular weight excluding hydrogens is 534 g/mol. The third-order valence-corrected chi connectivity index (χ3v) is 7.33. The van der Waals surface area contributed by atoms with E-state index in [2.05, 4.69) is 133 Å². The number of anilines is 3. The third kappa shape index (κ3) is 8.62. The van der Waals surface area contributed by atoms with Crippen LogP contribution in [0, 0.1) is 0 Å². The van der Waals surface area contributed by atoms with Crippen molar-refractivity contribution in [2.45, 2.75) is 19.9 Å². The maximum Gasteiger partial charge on any atom is 0.0686 e. The number of hydrogen-bond acceptors (Lipinski definition) is 3. The molecule has 3 heteroatoms. The first-order valence-corrected chi connectivity index (χ1v) is 15.1. The van der Waals surface area contributed by atoms with Crippen molar-refractivity contribution >= 4 is 22.6 Å². The minimum atomic E-state index is -0.00881. The highest BCUT2D eigenvalue weighted by Gasteiger charge is 2.18. The van der Waals surface area contributed by atoms with Gasteiger partial charge in [-0.25, -0.2) is 0 Å². The first-order chi connectivity index (χ1) is 21.5. The Bertz CT molecular complexity index is 1630. The Morgan fingerprint density at radius 3 is 1.98 bits per heavy atom. The predicted octanol–water partition coefficient (Wildman–Crippen LogP) is 10.7. The average Bonchev–Trinajstić information content (AvgIpc) is 3.07. The van der Waals surface area contributed by atoms with Crippen LogP contribution in [-0.4, -0.2) is 13.6 Å². The van der Waals surface area contributed by atoms with Crippen molar-refractivity contribution in [1.29, 1.82) is 0 Å². The monoisotopic (exact) mass is 577 g/mol. The van der Waals surface area contributed by atoms with Gasteiger partial charge in [-0.05, 0) is 60.9 Å². The van der Waals surface area contributed by atoms with E-state index in [1.165, 1.54) is 5.56 Å². The lowest BCUT2D eigenvalue weighted by Crippen LogP contribution is -2.27. The standard InChI is InChI=1S/C41H43N3/c1-6-8-13-21-32(3)37-30-41(44(5)36-27-19-12-20-28-36)38(34-23-15-10-16-24-34)29-39(37)42-31-40(35-25-17-11-18-26-35)43-33(4)22-14-9-7-2/h6-30,40,42-43H,3-4,31H2,1-2,5H3/b8-6-,9-7-,21-13-,22-14-. The number of benzene rings is 4. The fraction of sp³-hybridized carbons (Fsp3) is 0.122. The number of allylic oxidation sites excluding steroid dienone is 9. The first kappa shape index (κ1) is 31.7. The van der Waals surface area contributed by atoms with Gasteiger partial charge in [0.15, 0.2) is 0 Å². The quantitative estimate of drug-likeness (QED) is 0.146. The van der Waals surface area contributed by atoms with Crippen molar-refractivity contribution in [3.8, 4) is 11.1 Å². The topological polar surface area (TPSA) is 27.3 Å². The Morgan fingerprint density at radius 1 is 0.750 bits per heavy atom. The van der Waals surface area contributed by atoms with Crippen LogP contribution < -0.4 is 15.5 Å². The van der Waals surface area contributed by atoms with E-state index >= 15 is 0 Å². The summed E-state index contributed by atoms with van der Waals surface area (Å²) in [5.74, 6) is 0. The SMILES string of the molecule is C=C(/C=C\C=C/C)NC(CNc1cc(-c2ccccc2)c(N(C)c2ccccc2)cc1C(=C)/C=C\C=C/C)c1ccccc1. The normalized spacial score (nSPS) is 12.2. The highest BCUT2D eigenvalue weighted by atomic mass is 15.1. The van der Waals surface area contributed by atoms with Crippen LogP contribution in [0.2, 0.25) is 0 Å². The van der Waals surface area contributed by atoms with Crippen molar-refractivity contribution in [2.24, 2.45) is 0 Å². The number of nitrogens with one attached hydrogen (secondary N) is 2. The van der Waals surface area contributed by atoms with Crippen LogP contribution in [0.25, 0.3) is 16.7 Å². The van der Waals surface area contributed by atoms with Crippen molar-refractivity contribution in [3.63, 3.8) is 0 Å². The van der Waals surface area contributed by atoms with E-state index in [1.54, 1.807) is 0 Å². The van der Waals surface area contributed by atoms with Crippen LogP contribution in [0.1, 0.15) is 31.0 Å². The molecule has 1 unspecified atom stereocenters. The molecule has 4 rings (SSSR count). The Hall–Kier alpha value is -5.28. The second-order valence-electron chi connectivity index (χ2n) is 10.5. The molecule has 4 aromatic carbocycles. The maximum atomic E-state index is 4.48. The van der Waals surface area contributed by atoms with Gasteiger partial charge in [-0.2, -0.15) is 0 Å². The number of nitrogens with zero attached hydrogens (tertiary/aromatic N) is 1. The van der Waals surface area contributed by atoms with Crippen molar-refractivity contribution in [2.75, 3.05) is 23.8 Å². The van der Waals surface area contributed by atoms with E-state index < -0.39 is 0 Å². The van der Waals surface area contributed by atoms with Crippen LogP contribution in [0.5, 0.6) is 0 Å². The molecule has 0 heterocycles. The summed E-state index contributed by atoms with van der Waals surface area (Å²) in [7, 11) is 2.12. The number of hydrogen-bond donors (Lipinski definition) is 2. The molecule has 0 spiro atoms. The fourth-order valence-electron chi connectivity index (χ4n) is 4.99. The Labute approximate surface area is 264 Å². The van der Waals surface area contributed by atoms with Gasteiger partial charge in [0.1, 0.15) is 0 Å². The van der Waals surface area contributed by atoms with E-state index in [1.807, 2.05) is 68.5 Å². The van der Waals surface area contributed by atoms with Crippen molar-refractivity contribution in [3.05, 3.63) is 182 Å². The van der Waals surface area contributed by atoms with Gasteiger partial charge in [-0.1, -0.05) is 135 Å². The average molecular weight is 578 g/mol. The zero-order valence-corrected chi connectivity index (χ0v) is 26.1. The van der Waals surface area contributed by atoms with Crippen LogP contribution >= 0.6 is 0 Å². The lowest BCUT2D eigenvalue weighted by molar-refractivity contribution is 0.635. The van der Waals surface area contributed by atoms with Gasteiger partial charge < -0.3 is 15.5 Å². The summed E-state index contributed by atoms with van der Waals surface area (Å²) in [6.07, 6.45) is 16.1. The largest absolute Gasteiger partial charge is 0.382 e. The molecule has 222 valence electrons. The van der Waals surface area contributed by atoms with Crippen LogP contribution in [0.4, 0.5) is 17.1 Å². The first-order valence-electron chi connectivity index (χ1n) is 15.1. The van der Waals surface area contributed by atoms with E-state index in [4.69, 9.17) is 0 Å². The molecule has 1 atom stereocenters. The molecule has 0 aromatic heterocycles. The molecule has 44 heavy (non-hydrogen) atoms. The van der Waals surface area contributed by atoms with Gasteiger partial charge in [-0.15, -0.1) is 0 Å². The molecule has 0 aliphatic carbocycles. The number of para-hydroxylation sites is 1. The van der Waals surface area contributed by atoms with Gasteiger partial charge in [0.2, 0.25) is 0 Å². The van der Waals surface area contributed by atoms with Crippen molar-refractivity contribution < 1.29 is 0 Å². The highest BCUT2D eigenvalue weighted by Crippen LogP contribution is 2.40. The molecule has 4 aromatic rings. The van der Waals surface area contributed by atoms with Gasteiger partial charge in [-0.3, -0.25) is 0 Å². The van der Waals surface area contributed by atoms with Gasteiger partial charge in [0, 0.05) is 47.5 Å². The van der Waals surface area contributed by atoms with Crippen LogP contribution in [0.3, 0.4) is 0 Å². The van der Waals surface area contributed by atoms with Crippen molar-refractivity contribution in [1.82, 2.24) is 5.32 Å². The lowest BCUT2D eigenvalue weighted by atomic mass is 9.95. The van der Waals surface area contributed by atoms with Gasteiger partial charge >= 0.3 is 0 Å². The Morgan fingerprint density at radius 2 is 1.34 bits per heavy atom. The van der Waals surface area contributed by atoms with E-state index in [0.717, 1.165) is 45.0 Å². The summed E-state index contributed by atoms with van der Waals surface area (Å²) in [4.78, 5) is 2.24. The second-order valence-corrected chi connectivity index (χ2v) is 10.5. The van der Waals surface area contributed by atoms with Gasteiger partial charge in [0.25, 0.3) is 0 Å². The van der Waals surface area contributed by atoms with E-state index in [0.29, 0.717) is 6.54 Å². The summed E-state index contributed by atoms with van der Waals surface area (Å²) < 4.78 is 0. The molecule has 3 nitrogen and oxygen atoms in total. The highest BCUT2D eigenvalue weighted by molar-refractivity contribution is 5.92. The molecular formula is C41H43N3. The Kier molecular flexibility index (Phi) is 11.8. The zero-order valence-electron chi connectivity index (χ0n) is 26.1. The van der Waals surface area contributed by atoms with E-state index in [-0.39, 0.29) is 6.04 Å². The second kappa shape index (κ2) is 16.4. The molecule has 0 radical (unpaired) electrons. The molecule has 0 bridgehead atoms. The molecule has 0 fully saturated rings. The van der Waals surface area contributed by atoms with Gasteiger partial charge in [0.05, 0.1) is 6.04 Å². The minimum Gasteiger partial charge on any atom is -0.382 e. The lowest BCUT2D eigenvalue weighted by Gasteiger charge is -2.27. The molecule has 0 aliphatic heterocycles. The smallest absolute Gasteiger partial charge is 0.0686 e. The summed E-state index contributed by atoms with van der Waals surface area (Å²) in [6.45, 7) is 13.4. The van der Waals surface area contributed by atoms with E-state index in [9.17, 15) is 0 Å². The summed E-state index contributed by atoms with van der Waals surface area (Å²) in [5, 5.41) is 7.42. The zero-order chi connectivity index (χ0) is 31.1. The van der Waals surface area contributed by atoms with Crippen LogP contribution in [-0.2, 0) is 0 Å². The molecule has 0 aliphatic rings. The molecule has 0 saturated heterocycles. The maximum absolute atomic E-state index is 4.48. The third-order valence-electron chi connectivity index (χ3n) is 7.33. The summed E-state index contributed by atoms with van der Waals surface area (Å²) in [6, 6.07) is 36.0. The fourth-order valence-corrected chi connectivity index (χ4v) is 4.99. The Balaban J connectivity index is 1.80. The van der Waals surface area contributed by atoms with Crippen LogP contribution in [0.15, 0.2) is 171 Å². The molecule has 0 amide bonds. The summed E-state index contributed by atoms with van der Waals surface area (Å²) in [5.41, 5.74) is 9.51. The minimum absolute atomic E-state index is 0.00881. The predicted molar refractivity (Wildman–Crippen MR) is 193 cm³/mol. The number of rotatable bonds is 14.